The maximum absolute atomic E-state index is 13.1. The van der Waals surface area contributed by atoms with Crippen LogP contribution in [0.4, 0.5) is 5.69 Å². The van der Waals surface area contributed by atoms with Crippen molar-refractivity contribution in [2.45, 2.75) is 32.9 Å². The first-order valence-corrected chi connectivity index (χ1v) is 9.82. The van der Waals surface area contributed by atoms with E-state index in [2.05, 4.69) is 9.97 Å². The summed E-state index contributed by atoms with van der Waals surface area (Å²) in [4.78, 5) is 28.1. The zero-order valence-corrected chi connectivity index (χ0v) is 18.1. The lowest BCUT2D eigenvalue weighted by molar-refractivity contribution is 0.0739. The van der Waals surface area contributed by atoms with Gasteiger partial charge in [-0.2, -0.15) is 0 Å². The highest BCUT2D eigenvalue weighted by molar-refractivity contribution is 6.10. The zero-order valence-electron chi connectivity index (χ0n) is 18.1. The molecule has 1 amide bonds. The number of hydrogen-bond donors (Lipinski definition) is 1. The van der Waals surface area contributed by atoms with Crippen LogP contribution in [0.25, 0.3) is 11.3 Å². The van der Waals surface area contributed by atoms with Crippen molar-refractivity contribution in [1.82, 2.24) is 15.0 Å². The van der Waals surface area contributed by atoms with E-state index < -0.39 is 5.60 Å². The van der Waals surface area contributed by atoms with Crippen LogP contribution in [0.1, 0.15) is 41.2 Å². The van der Waals surface area contributed by atoms with Crippen molar-refractivity contribution in [2.75, 3.05) is 19.1 Å². The number of amides is 1. The van der Waals surface area contributed by atoms with Crippen molar-refractivity contribution >= 4 is 11.6 Å². The van der Waals surface area contributed by atoms with Crippen LogP contribution in [-0.2, 0) is 12.1 Å². The SMILES string of the molecule is COc1cc(-c2cc(C)c3c(n2)CN(c2ccc(C(C)(C)O)nc2)C3=O)cnc1OC. The Hall–Kier alpha value is -3.52. The van der Waals surface area contributed by atoms with Crippen LogP contribution in [0.2, 0.25) is 0 Å². The van der Waals surface area contributed by atoms with Gasteiger partial charge in [-0.25, -0.2) is 4.98 Å². The molecule has 0 radical (unpaired) electrons. The fourth-order valence-corrected chi connectivity index (χ4v) is 3.64. The van der Waals surface area contributed by atoms with Gasteiger partial charge in [0.25, 0.3) is 11.8 Å². The second-order valence-electron chi connectivity index (χ2n) is 7.93. The summed E-state index contributed by atoms with van der Waals surface area (Å²) in [6, 6.07) is 7.21. The Kier molecular flexibility index (Phi) is 5.10. The van der Waals surface area contributed by atoms with Gasteiger partial charge in [-0.1, -0.05) is 0 Å². The molecule has 1 N–H and O–H groups in total. The summed E-state index contributed by atoms with van der Waals surface area (Å²) in [7, 11) is 3.09. The van der Waals surface area contributed by atoms with E-state index in [4.69, 9.17) is 14.5 Å². The van der Waals surface area contributed by atoms with E-state index in [-0.39, 0.29) is 5.91 Å². The third kappa shape index (κ3) is 3.70. The number of nitrogens with zero attached hydrogens (tertiary/aromatic N) is 4. The number of fused-ring (bicyclic) bond motifs is 1. The first-order chi connectivity index (χ1) is 14.7. The first kappa shape index (κ1) is 20.7. The van der Waals surface area contributed by atoms with E-state index in [1.807, 2.05) is 19.1 Å². The minimum atomic E-state index is -1.04. The summed E-state index contributed by atoms with van der Waals surface area (Å²) in [5.74, 6) is 0.790. The Morgan fingerprint density at radius 3 is 2.48 bits per heavy atom. The molecular formula is C23H24N4O4. The molecule has 4 heterocycles. The van der Waals surface area contributed by atoms with E-state index in [0.717, 1.165) is 11.1 Å². The summed E-state index contributed by atoms with van der Waals surface area (Å²) < 4.78 is 10.5. The number of aliphatic hydroxyl groups is 1. The molecule has 0 bridgehead atoms. The van der Waals surface area contributed by atoms with Gasteiger partial charge in [0.2, 0.25) is 0 Å². The molecule has 8 heteroatoms. The predicted molar refractivity (Wildman–Crippen MR) is 115 cm³/mol. The second-order valence-corrected chi connectivity index (χ2v) is 7.93. The van der Waals surface area contributed by atoms with Gasteiger partial charge in [-0.15, -0.1) is 0 Å². The topological polar surface area (TPSA) is 97.7 Å². The molecule has 0 fully saturated rings. The van der Waals surface area contributed by atoms with Crippen LogP contribution in [0.3, 0.4) is 0 Å². The average Bonchev–Trinajstić information content (AvgIpc) is 3.09. The number of anilines is 1. The summed E-state index contributed by atoms with van der Waals surface area (Å²) in [5, 5.41) is 10.1. The molecule has 1 aliphatic rings. The normalized spacial score (nSPS) is 13.4. The van der Waals surface area contributed by atoms with E-state index >= 15 is 0 Å². The van der Waals surface area contributed by atoms with Gasteiger partial charge in [0, 0.05) is 11.8 Å². The molecule has 0 aromatic carbocycles. The number of methoxy groups -OCH3 is 2. The third-order valence-corrected chi connectivity index (χ3v) is 5.27. The van der Waals surface area contributed by atoms with Gasteiger partial charge < -0.3 is 19.5 Å². The lowest BCUT2D eigenvalue weighted by Gasteiger charge is -2.19. The average molecular weight is 420 g/mol. The molecule has 31 heavy (non-hydrogen) atoms. The van der Waals surface area contributed by atoms with Crippen molar-refractivity contribution in [3.8, 4) is 22.9 Å². The third-order valence-electron chi connectivity index (χ3n) is 5.27. The van der Waals surface area contributed by atoms with E-state index in [0.29, 0.717) is 46.5 Å². The van der Waals surface area contributed by atoms with Gasteiger partial charge in [0.1, 0.15) is 5.60 Å². The molecule has 0 unspecified atom stereocenters. The first-order valence-electron chi connectivity index (χ1n) is 9.82. The molecule has 0 atom stereocenters. The zero-order chi connectivity index (χ0) is 22.3. The maximum Gasteiger partial charge on any atom is 0.260 e. The monoisotopic (exact) mass is 420 g/mol. The van der Waals surface area contributed by atoms with Crippen molar-refractivity contribution in [1.29, 1.82) is 0 Å². The Bertz CT molecular complexity index is 1150. The van der Waals surface area contributed by atoms with E-state index in [1.54, 1.807) is 50.4 Å². The molecule has 8 nitrogen and oxygen atoms in total. The highest BCUT2D eigenvalue weighted by atomic mass is 16.5. The smallest absolute Gasteiger partial charge is 0.260 e. The highest BCUT2D eigenvalue weighted by Gasteiger charge is 2.32. The van der Waals surface area contributed by atoms with Gasteiger partial charge in [0.05, 0.1) is 55.3 Å². The van der Waals surface area contributed by atoms with Crippen LogP contribution in [0, 0.1) is 6.92 Å². The van der Waals surface area contributed by atoms with Crippen LogP contribution in [-0.4, -0.2) is 40.2 Å². The molecular weight excluding hydrogens is 396 g/mol. The summed E-state index contributed by atoms with van der Waals surface area (Å²) in [6.45, 7) is 5.58. The number of carbonyl (C=O) groups excluding carboxylic acids is 1. The van der Waals surface area contributed by atoms with Gasteiger partial charge in [-0.3, -0.25) is 14.8 Å². The maximum atomic E-state index is 13.1. The Balaban J connectivity index is 1.68. The number of pyridine rings is 3. The van der Waals surface area contributed by atoms with Crippen molar-refractivity contribution in [3.05, 3.63) is 59.2 Å². The van der Waals surface area contributed by atoms with Gasteiger partial charge in [0.15, 0.2) is 5.75 Å². The molecule has 0 saturated carbocycles. The molecule has 3 aromatic heterocycles. The van der Waals surface area contributed by atoms with E-state index in [1.165, 1.54) is 7.11 Å². The molecule has 0 saturated heterocycles. The summed E-state index contributed by atoms with van der Waals surface area (Å²) in [6.07, 6.45) is 3.27. The number of aryl methyl sites for hydroxylation is 1. The summed E-state index contributed by atoms with van der Waals surface area (Å²) in [5.41, 5.74) is 3.76. The fraction of sp³-hybridized carbons (Fsp3) is 0.304. The van der Waals surface area contributed by atoms with Crippen molar-refractivity contribution in [3.63, 3.8) is 0 Å². The molecule has 0 spiro atoms. The minimum absolute atomic E-state index is 0.116. The Morgan fingerprint density at radius 1 is 1.10 bits per heavy atom. The predicted octanol–water partition coefficient (Wildman–Crippen LogP) is 3.25. The van der Waals surface area contributed by atoms with E-state index in [9.17, 15) is 9.90 Å². The number of rotatable bonds is 5. The van der Waals surface area contributed by atoms with Gasteiger partial charge in [-0.05, 0) is 50.6 Å². The molecule has 0 aliphatic carbocycles. The number of hydrogen-bond acceptors (Lipinski definition) is 7. The Morgan fingerprint density at radius 2 is 1.87 bits per heavy atom. The molecule has 4 rings (SSSR count). The largest absolute Gasteiger partial charge is 0.491 e. The fourth-order valence-electron chi connectivity index (χ4n) is 3.64. The molecule has 3 aromatic rings. The number of carbonyl (C=O) groups is 1. The lowest BCUT2D eigenvalue weighted by Crippen LogP contribution is -2.24. The van der Waals surface area contributed by atoms with Crippen molar-refractivity contribution < 1.29 is 19.4 Å². The second kappa shape index (κ2) is 7.63. The molecule has 160 valence electrons. The minimum Gasteiger partial charge on any atom is -0.491 e. The molecule has 1 aliphatic heterocycles. The van der Waals surface area contributed by atoms with Crippen LogP contribution >= 0.6 is 0 Å². The lowest BCUT2D eigenvalue weighted by atomic mass is 10.0. The Labute approximate surface area is 180 Å². The van der Waals surface area contributed by atoms with Gasteiger partial charge >= 0.3 is 0 Å². The quantitative estimate of drug-likeness (QED) is 0.677. The highest BCUT2D eigenvalue weighted by Crippen LogP contribution is 2.34. The van der Waals surface area contributed by atoms with Crippen LogP contribution < -0.4 is 14.4 Å². The number of aromatic nitrogens is 3. The summed E-state index contributed by atoms with van der Waals surface area (Å²) >= 11 is 0. The van der Waals surface area contributed by atoms with Crippen LogP contribution in [0.5, 0.6) is 11.6 Å². The standard InChI is InChI=1S/C23H24N4O4/c1-13-8-16(14-9-18(30-4)21(31-5)25-10-14)26-17-12-27(22(28)20(13)17)15-6-7-19(24-11-15)23(2,3)29/h6-11,29H,12H2,1-5H3. The number of ether oxygens (including phenoxy) is 2. The van der Waals surface area contributed by atoms with Crippen molar-refractivity contribution in [2.24, 2.45) is 0 Å². The van der Waals surface area contributed by atoms with Crippen LogP contribution in [0.15, 0.2) is 36.7 Å².